The molecule has 2 aromatic heterocycles. The molecule has 2 heterocycles. The molecule has 5 N–H and O–H groups in total. The number of nitrogens with two attached hydrogens (primary N) is 2. The van der Waals surface area contributed by atoms with E-state index in [0.29, 0.717) is 11.3 Å². The maximum absolute atomic E-state index is 13.0. The molecule has 0 saturated carbocycles. The van der Waals surface area contributed by atoms with E-state index in [2.05, 4.69) is 15.4 Å². The van der Waals surface area contributed by atoms with Crippen molar-refractivity contribution >= 4 is 23.2 Å². The summed E-state index contributed by atoms with van der Waals surface area (Å²) in [6.07, 6.45) is -4.61. The Bertz CT molecular complexity index is 1080. The van der Waals surface area contributed by atoms with E-state index >= 15 is 0 Å². The van der Waals surface area contributed by atoms with Crippen LogP contribution in [0.1, 0.15) is 36.8 Å². The fourth-order valence-corrected chi connectivity index (χ4v) is 2.88. The number of benzene rings is 1. The quantitative estimate of drug-likeness (QED) is 0.551. The van der Waals surface area contributed by atoms with Crippen LogP contribution in [0.3, 0.4) is 0 Å². The lowest BCUT2D eigenvalue weighted by Crippen LogP contribution is -2.25. The van der Waals surface area contributed by atoms with E-state index in [1.54, 1.807) is 24.3 Å². The first-order valence-corrected chi connectivity index (χ1v) is 8.98. The Morgan fingerprint density at radius 2 is 1.70 bits per heavy atom. The number of alkyl halides is 3. The van der Waals surface area contributed by atoms with Crippen LogP contribution in [0, 0.1) is 0 Å². The zero-order valence-electron chi connectivity index (χ0n) is 16.6. The van der Waals surface area contributed by atoms with Gasteiger partial charge in [-0.2, -0.15) is 18.3 Å². The number of hydrogen-bond acceptors (Lipinski definition) is 5. The molecular formula is C20H21F3N6O. The van der Waals surface area contributed by atoms with E-state index in [4.69, 9.17) is 11.5 Å². The number of hydrogen-bond donors (Lipinski definition) is 3. The number of nitrogen functional groups attached to an aromatic ring is 1. The van der Waals surface area contributed by atoms with E-state index in [1.807, 2.05) is 20.8 Å². The van der Waals surface area contributed by atoms with Crippen LogP contribution < -0.4 is 16.8 Å². The predicted octanol–water partition coefficient (Wildman–Crippen LogP) is 4.14. The number of nitrogens with one attached hydrogen (secondary N) is 1. The maximum atomic E-state index is 13.0. The van der Waals surface area contributed by atoms with Crippen molar-refractivity contribution in [3.05, 3.63) is 53.7 Å². The van der Waals surface area contributed by atoms with E-state index in [1.165, 1.54) is 16.8 Å². The number of rotatable bonds is 4. The molecule has 0 atom stereocenters. The van der Waals surface area contributed by atoms with Gasteiger partial charge >= 0.3 is 6.18 Å². The van der Waals surface area contributed by atoms with E-state index in [9.17, 15) is 18.0 Å². The highest BCUT2D eigenvalue weighted by molar-refractivity contribution is 6.04. The minimum absolute atomic E-state index is 0.0360. The average Bonchev–Trinajstić information content (AvgIpc) is 3.01. The van der Waals surface area contributed by atoms with Gasteiger partial charge in [-0.1, -0.05) is 18.2 Å². The predicted molar refractivity (Wildman–Crippen MR) is 108 cm³/mol. The van der Waals surface area contributed by atoms with Gasteiger partial charge in [-0.15, -0.1) is 0 Å². The summed E-state index contributed by atoms with van der Waals surface area (Å²) in [5, 5.41) is 7.34. The molecule has 0 bridgehead atoms. The van der Waals surface area contributed by atoms with Crippen LogP contribution in [0.25, 0.3) is 11.3 Å². The molecule has 0 unspecified atom stereocenters. The van der Waals surface area contributed by atoms with E-state index in [0.717, 1.165) is 6.07 Å². The van der Waals surface area contributed by atoms with Gasteiger partial charge < -0.3 is 16.8 Å². The summed E-state index contributed by atoms with van der Waals surface area (Å²) in [5.74, 6) is -0.734. The van der Waals surface area contributed by atoms with Gasteiger partial charge in [0, 0.05) is 11.3 Å². The normalized spacial score (nSPS) is 12.1. The van der Waals surface area contributed by atoms with Crippen LogP contribution in [0.15, 0.2) is 42.5 Å². The van der Waals surface area contributed by atoms with E-state index < -0.39 is 23.3 Å². The zero-order chi connectivity index (χ0) is 22.3. The molecule has 3 aromatic rings. The fraction of sp³-hybridized carbons (Fsp3) is 0.250. The highest BCUT2D eigenvalue weighted by atomic mass is 19.4. The van der Waals surface area contributed by atoms with Crippen molar-refractivity contribution in [1.82, 2.24) is 14.8 Å². The van der Waals surface area contributed by atoms with Crippen LogP contribution in [0.5, 0.6) is 0 Å². The molecule has 0 saturated heterocycles. The Labute approximate surface area is 170 Å². The van der Waals surface area contributed by atoms with Gasteiger partial charge in [-0.25, -0.2) is 9.67 Å². The molecule has 0 fully saturated rings. The van der Waals surface area contributed by atoms with Crippen LogP contribution in [-0.4, -0.2) is 20.7 Å². The Morgan fingerprint density at radius 3 is 2.23 bits per heavy atom. The Hall–Kier alpha value is -3.56. The number of aromatic nitrogens is 3. The smallest absolute Gasteiger partial charge is 0.399 e. The summed E-state index contributed by atoms with van der Waals surface area (Å²) in [7, 11) is 0. The van der Waals surface area contributed by atoms with Crippen molar-refractivity contribution in [2.45, 2.75) is 32.5 Å². The fourth-order valence-electron chi connectivity index (χ4n) is 2.88. The summed E-state index contributed by atoms with van der Waals surface area (Å²) < 4.78 is 40.6. The van der Waals surface area contributed by atoms with Crippen LogP contribution in [-0.2, 0) is 11.7 Å². The summed E-state index contributed by atoms with van der Waals surface area (Å²) in [4.78, 5) is 16.0. The third-order valence-corrected chi connectivity index (χ3v) is 4.24. The number of carbonyl (C=O) groups excluding carboxylic acids is 1. The number of primary amides is 1. The van der Waals surface area contributed by atoms with Crippen LogP contribution in [0.4, 0.5) is 30.5 Å². The van der Waals surface area contributed by atoms with Crippen molar-refractivity contribution in [3.63, 3.8) is 0 Å². The Balaban J connectivity index is 2.20. The second-order valence-electron chi connectivity index (χ2n) is 7.67. The lowest BCUT2D eigenvalue weighted by molar-refractivity contribution is -0.141. The summed E-state index contributed by atoms with van der Waals surface area (Å²) in [6.45, 7) is 5.51. The molecule has 0 aliphatic carbocycles. The van der Waals surface area contributed by atoms with Gasteiger partial charge in [0.25, 0.3) is 5.91 Å². The molecule has 30 heavy (non-hydrogen) atoms. The lowest BCUT2D eigenvalue weighted by atomic mass is 10.1. The molecule has 158 valence electrons. The molecule has 0 radical (unpaired) electrons. The van der Waals surface area contributed by atoms with Crippen LogP contribution >= 0.6 is 0 Å². The van der Waals surface area contributed by atoms with Gasteiger partial charge in [-0.3, -0.25) is 4.79 Å². The van der Waals surface area contributed by atoms with Gasteiger partial charge in [0.15, 0.2) is 0 Å². The molecule has 3 rings (SSSR count). The Morgan fingerprint density at radius 1 is 1.07 bits per heavy atom. The first-order valence-electron chi connectivity index (χ1n) is 8.98. The third kappa shape index (κ3) is 4.22. The second kappa shape index (κ2) is 7.36. The highest BCUT2D eigenvalue weighted by Crippen LogP contribution is 2.35. The summed E-state index contributed by atoms with van der Waals surface area (Å²) >= 11 is 0. The number of nitrogens with zero attached hydrogens (tertiary/aromatic N) is 3. The number of carbonyl (C=O) groups is 1. The number of halogens is 3. The van der Waals surface area contributed by atoms with Gasteiger partial charge in [0.1, 0.15) is 28.6 Å². The van der Waals surface area contributed by atoms with Crippen molar-refractivity contribution < 1.29 is 18.0 Å². The number of amides is 1. The van der Waals surface area contributed by atoms with Crippen molar-refractivity contribution in [1.29, 1.82) is 0 Å². The SMILES string of the molecule is CC(C)(C)n1nc(-c2ccc(N)cc2)c(C(N)=O)c1Nc1cccc(C(F)(F)F)n1. The maximum Gasteiger partial charge on any atom is 0.433 e. The third-order valence-electron chi connectivity index (χ3n) is 4.24. The van der Waals surface area contributed by atoms with Crippen molar-refractivity contribution in [2.75, 3.05) is 11.1 Å². The summed E-state index contributed by atoms with van der Waals surface area (Å²) in [5.41, 5.74) is 11.1. The summed E-state index contributed by atoms with van der Waals surface area (Å²) in [6, 6.07) is 10.1. The van der Waals surface area contributed by atoms with Crippen molar-refractivity contribution in [3.8, 4) is 11.3 Å². The first-order chi connectivity index (χ1) is 13.9. The Kier molecular flexibility index (Phi) is 5.19. The molecule has 1 amide bonds. The average molecular weight is 418 g/mol. The molecule has 10 heteroatoms. The van der Waals surface area contributed by atoms with E-state index in [-0.39, 0.29) is 22.9 Å². The standard InChI is InChI=1S/C20H21F3N6O/c1-19(2,3)29-18(27-14-6-4-5-13(26-14)20(21,22)23)15(17(25)30)16(28-29)11-7-9-12(24)10-8-11/h4-10H,24H2,1-3H3,(H2,25,30)(H,26,27). The zero-order valence-corrected chi connectivity index (χ0v) is 16.6. The number of pyridine rings is 1. The topological polar surface area (TPSA) is 112 Å². The van der Waals surface area contributed by atoms with Gasteiger partial charge in [0.2, 0.25) is 0 Å². The number of anilines is 3. The molecular weight excluding hydrogens is 397 g/mol. The molecule has 0 aliphatic heterocycles. The van der Waals surface area contributed by atoms with Crippen LogP contribution in [0.2, 0.25) is 0 Å². The minimum atomic E-state index is -4.61. The highest BCUT2D eigenvalue weighted by Gasteiger charge is 2.33. The lowest BCUT2D eigenvalue weighted by Gasteiger charge is -2.23. The molecule has 1 aromatic carbocycles. The second-order valence-corrected chi connectivity index (χ2v) is 7.67. The first kappa shape index (κ1) is 21.2. The molecule has 7 nitrogen and oxygen atoms in total. The monoisotopic (exact) mass is 418 g/mol. The molecule has 0 spiro atoms. The minimum Gasteiger partial charge on any atom is -0.399 e. The van der Waals surface area contributed by atoms with Gasteiger partial charge in [0.05, 0.1) is 5.54 Å². The van der Waals surface area contributed by atoms with Gasteiger partial charge in [-0.05, 0) is 45.0 Å². The van der Waals surface area contributed by atoms with Crippen molar-refractivity contribution in [2.24, 2.45) is 5.73 Å². The largest absolute Gasteiger partial charge is 0.433 e. The molecule has 0 aliphatic rings.